The van der Waals surface area contributed by atoms with Crippen molar-refractivity contribution in [2.75, 3.05) is 0 Å². The molecule has 3 aromatic rings. The molecule has 0 aliphatic heterocycles. The maximum Gasteiger partial charge on any atom is 0.417 e. The van der Waals surface area contributed by atoms with E-state index in [4.69, 9.17) is 11.6 Å². The number of azo groups is 1. The van der Waals surface area contributed by atoms with Gasteiger partial charge in [0.05, 0.1) is 22.0 Å². The van der Waals surface area contributed by atoms with Gasteiger partial charge in [0.15, 0.2) is 5.82 Å². The van der Waals surface area contributed by atoms with E-state index in [2.05, 4.69) is 15.2 Å². The second kappa shape index (κ2) is 5.86. The van der Waals surface area contributed by atoms with Crippen LogP contribution in [0.15, 0.2) is 46.8 Å². The van der Waals surface area contributed by atoms with Gasteiger partial charge in [0, 0.05) is 6.20 Å². The lowest BCUT2D eigenvalue weighted by Crippen LogP contribution is -2.05. The van der Waals surface area contributed by atoms with Crippen molar-refractivity contribution in [2.45, 2.75) is 13.1 Å². The zero-order valence-electron chi connectivity index (χ0n) is 12.1. The van der Waals surface area contributed by atoms with Gasteiger partial charge in [-0.05, 0) is 37.3 Å². The quantitative estimate of drug-likeness (QED) is 0.418. The van der Waals surface area contributed by atoms with Crippen molar-refractivity contribution in [3.63, 3.8) is 0 Å². The Hall–Kier alpha value is -2.48. The Labute approximate surface area is 138 Å². The Kier molecular flexibility index (Phi) is 4.00. The third kappa shape index (κ3) is 3.09. The molecule has 0 N–H and O–H groups in total. The smallest absolute Gasteiger partial charge is 0.280 e. The summed E-state index contributed by atoms with van der Waals surface area (Å²) in [6, 6.07) is 5.91. The average Bonchev–Trinajstić information content (AvgIpc) is 2.80. The van der Waals surface area contributed by atoms with E-state index < -0.39 is 22.6 Å². The van der Waals surface area contributed by atoms with Crippen LogP contribution in [0.2, 0.25) is 5.02 Å². The Morgan fingerprint density at radius 2 is 1.88 bits per heavy atom. The summed E-state index contributed by atoms with van der Waals surface area (Å²) >= 11 is 5.55. The Morgan fingerprint density at radius 1 is 1.12 bits per heavy atom. The number of pyridine rings is 1. The van der Waals surface area contributed by atoms with Gasteiger partial charge >= 0.3 is 6.18 Å². The fraction of sp³-hybridized carbons (Fsp3) is 0.133. The molecule has 0 unspecified atom stereocenters. The van der Waals surface area contributed by atoms with E-state index in [9.17, 15) is 17.6 Å². The number of aromatic nitrogens is 2. The van der Waals surface area contributed by atoms with Crippen LogP contribution < -0.4 is 0 Å². The third-order valence-electron chi connectivity index (χ3n) is 3.24. The van der Waals surface area contributed by atoms with Crippen LogP contribution in [-0.2, 0) is 6.18 Å². The number of alkyl halides is 3. The van der Waals surface area contributed by atoms with Crippen molar-refractivity contribution in [3.8, 4) is 0 Å². The molecular weight excluding hydrogens is 348 g/mol. The summed E-state index contributed by atoms with van der Waals surface area (Å²) in [6.07, 6.45) is -3.42. The first-order valence-corrected chi connectivity index (χ1v) is 7.06. The first-order valence-electron chi connectivity index (χ1n) is 6.68. The van der Waals surface area contributed by atoms with E-state index >= 15 is 0 Å². The largest absolute Gasteiger partial charge is 0.417 e. The van der Waals surface area contributed by atoms with E-state index in [-0.39, 0.29) is 11.5 Å². The number of hydrogen-bond acceptors (Lipinski definition) is 3. The van der Waals surface area contributed by atoms with Gasteiger partial charge in [0.2, 0.25) is 0 Å². The van der Waals surface area contributed by atoms with Crippen LogP contribution in [-0.4, -0.2) is 9.38 Å². The molecule has 0 amide bonds. The normalized spacial score (nSPS) is 12.4. The van der Waals surface area contributed by atoms with Crippen molar-refractivity contribution in [1.82, 2.24) is 9.38 Å². The number of rotatable bonds is 2. The van der Waals surface area contributed by atoms with Crippen LogP contribution in [0.1, 0.15) is 11.3 Å². The molecule has 3 rings (SSSR count). The second-order valence-corrected chi connectivity index (χ2v) is 5.37. The minimum absolute atomic E-state index is 0.0301. The van der Waals surface area contributed by atoms with E-state index in [1.807, 2.05) is 0 Å². The standard InChI is InChI=1S/C15H9ClF4N4/c1-8-14(24-7-9(17)2-5-13(24)21-8)23-22-10-3-4-12(16)11(6-10)15(18,19)20/h2-7H,1H3. The van der Waals surface area contributed by atoms with Gasteiger partial charge in [-0.3, -0.25) is 4.40 Å². The second-order valence-electron chi connectivity index (χ2n) is 4.96. The highest BCUT2D eigenvalue weighted by atomic mass is 35.5. The molecule has 0 spiro atoms. The summed E-state index contributed by atoms with van der Waals surface area (Å²) in [5.41, 5.74) is -0.108. The summed E-state index contributed by atoms with van der Waals surface area (Å²) < 4.78 is 53.3. The number of hydrogen-bond donors (Lipinski definition) is 0. The SMILES string of the molecule is Cc1nc2ccc(F)cn2c1N=Nc1ccc(Cl)c(C(F)(F)F)c1. The zero-order valence-corrected chi connectivity index (χ0v) is 12.9. The molecule has 0 radical (unpaired) electrons. The summed E-state index contributed by atoms with van der Waals surface area (Å²) in [7, 11) is 0. The van der Waals surface area contributed by atoms with Gasteiger partial charge in [0.1, 0.15) is 11.5 Å². The topological polar surface area (TPSA) is 42.0 Å². The predicted octanol–water partition coefficient (Wildman–Crippen LogP) is 5.87. The van der Waals surface area contributed by atoms with Crippen molar-refractivity contribution < 1.29 is 17.6 Å². The molecule has 124 valence electrons. The van der Waals surface area contributed by atoms with Gasteiger partial charge in [-0.1, -0.05) is 11.6 Å². The molecular formula is C15H9ClF4N4. The van der Waals surface area contributed by atoms with Crippen molar-refractivity contribution in [2.24, 2.45) is 10.2 Å². The molecule has 0 bridgehead atoms. The molecule has 0 saturated heterocycles. The van der Waals surface area contributed by atoms with Gasteiger partial charge in [-0.15, -0.1) is 10.2 Å². The van der Waals surface area contributed by atoms with Crippen molar-refractivity contribution >= 4 is 28.8 Å². The molecule has 1 aromatic carbocycles. The Morgan fingerprint density at radius 3 is 2.58 bits per heavy atom. The van der Waals surface area contributed by atoms with Crippen LogP contribution in [0.4, 0.5) is 29.1 Å². The summed E-state index contributed by atoms with van der Waals surface area (Å²) in [5, 5.41) is 7.27. The van der Waals surface area contributed by atoms with Crippen LogP contribution in [0.25, 0.3) is 5.65 Å². The molecule has 9 heteroatoms. The minimum Gasteiger partial charge on any atom is -0.280 e. The first-order chi connectivity index (χ1) is 11.3. The summed E-state index contributed by atoms with van der Waals surface area (Å²) in [5.74, 6) is -0.268. The van der Waals surface area contributed by atoms with Crippen LogP contribution in [0.5, 0.6) is 0 Å². The molecule has 0 saturated carbocycles. The number of benzene rings is 1. The molecule has 2 heterocycles. The monoisotopic (exact) mass is 356 g/mol. The summed E-state index contributed by atoms with van der Waals surface area (Å²) in [4.78, 5) is 4.18. The maximum absolute atomic E-state index is 13.4. The van der Waals surface area contributed by atoms with Gasteiger partial charge in [-0.25, -0.2) is 9.37 Å². The fourth-order valence-electron chi connectivity index (χ4n) is 2.14. The average molecular weight is 357 g/mol. The fourth-order valence-corrected chi connectivity index (χ4v) is 2.37. The number of halogens is 5. The highest BCUT2D eigenvalue weighted by molar-refractivity contribution is 6.31. The third-order valence-corrected chi connectivity index (χ3v) is 3.57. The van der Waals surface area contributed by atoms with E-state index in [0.717, 1.165) is 12.1 Å². The molecule has 0 fully saturated rings. The van der Waals surface area contributed by atoms with Gasteiger partial charge < -0.3 is 0 Å². The van der Waals surface area contributed by atoms with Crippen molar-refractivity contribution in [3.05, 3.63) is 58.6 Å². The maximum atomic E-state index is 13.4. The number of nitrogens with zero attached hydrogens (tertiary/aromatic N) is 4. The minimum atomic E-state index is -4.59. The molecule has 0 atom stereocenters. The molecule has 0 aliphatic carbocycles. The number of fused-ring (bicyclic) bond motifs is 1. The van der Waals surface area contributed by atoms with Gasteiger partial charge in [0.25, 0.3) is 0 Å². The first kappa shape index (κ1) is 16.4. The molecule has 2 aromatic heterocycles. The van der Waals surface area contributed by atoms with Crippen LogP contribution >= 0.6 is 11.6 Å². The number of aryl methyl sites for hydroxylation is 1. The molecule has 0 aliphatic rings. The lowest BCUT2D eigenvalue weighted by Gasteiger charge is -2.08. The molecule has 24 heavy (non-hydrogen) atoms. The summed E-state index contributed by atoms with van der Waals surface area (Å²) in [6.45, 7) is 1.64. The predicted molar refractivity (Wildman–Crippen MR) is 80.5 cm³/mol. The Bertz CT molecular complexity index is 947. The number of imidazole rings is 1. The van der Waals surface area contributed by atoms with E-state index in [1.165, 1.54) is 28.8 Å². The van der Waals surface area contributed by atoms with Crippen LogP contribution in [0, 0.1) is 12.7 Å². The lowest BCUT2D eigenvalue weighted by atomic mass is 10.2. The van der Waals surface area contributed by atoms with Gasteiger partial charge in [-0.2, -0.15) is 13.2 Å². The lowest BCUT2D eigenvalue weighted by molar-refractivity contribution is -0.137. The highest BCUT2D eigenvalue weighted by Gasteiger charge is 2.33. The zero-order chi connectivity index (χ0) is 17.5. The van der Waals surface area contributed by atoms with E-state index in [0.29, 0.717) is 11.3 Å². The highest BCUT2D eigenvalue weighted by Crippen LogP contribution is 2.37. The van der Waals surface area contributed by atoms with Crippen LogP contribution in [0.3, 0.4) is 0 Å². The van der Waals surface area contributed by atoms with Crippen molar-refractivity contribution in [1.29, 1.82) is 0 Å². The Balaban J connectivity index is 2.03. The molecule has 4 nitrogen and oxygen atoms in total. The van der Waals surface area contributed by atoms with E-state index in [1.54, 1.807) is 6.92 Å².